The van der Waals surface area contributed by atoms with Crippen LogP contribution in [0.4, 0.5) is 24.8 Å². The molecule has 22 heavy (non-hydrogen) atoms. The molecule has 2 rings (SSSR count). The quantitative estimate of drug-likeness (QED) is 0.938. The summed E-state index contributed by atoms with van der Waals surface area (Å²) in [6.07, 6.45) is -3.37. The van der Waals surface area contributed by atoms with Crippen LogP contribution in [-0.4, -0.2) is 24.1 Å². The normalized spacial score (nSPS) is 11.4. The van der Waals surface area contributed by atoms with Crippen LogP contribution < -0.4 is 10.2 Å². The van der Waals surface area contributed by atoms with Gasteiger partial charge in [0.2, 0.25) is 5.95 Å². The fraction of sp³-hybridized carbons (Fsp3) is 0.333. The SMILES string of the molecule is Cc1cc(N(C)C)ccc1CNc1nccc(C(F)(F)F)n1. The van der Waals surface area contributed by atoms with E-state index in [0.29, 0.717) is 6.54 Å². The summed E-state index contributed by atoms with van der Waals surface area (Å²) in [7, 11) is 3.90. The molecule has 1 N–H and O–H groups in total. The Morgan fingerprint density at radius 1 is 1.18 bits per heavy atom. The first-order valence-electron chi connectivity index (χ1n) is 6.68. The number of anilines is 2. The van der Waals surface area contributed by atoms with E-state index < -0.39 is 11.9 Å². The number of benzene rings is 1. The highest BCUT2D eigenvalue weighted by molar-refractivity contribution is 5.50. The van der Waals surface area contributed by atoms with Crippen LogP contribution in [0.5, 0.6) is 0 Å². The molecule has 118 valence electrons. The van der Waals surface area contributed by atoms with Gasteiger partial charge in [-0.2, -0.15) is 13.2 Å². The van der Waals surface area contributed by atoms with E-state index in [1.807, 2.05) is 44.1 Å². The second-order valence-electron chi connectivity index (χ2n) is 5.12. The summed E-state index contributed by atoms with van der Waals surface area (Å²) in [5.41, 5.74) is 2.14. The number of rotatable bonds is 4. The molecule has 0 bridgehead atoms. The Morgan fingerprint density at radius 2 is 1.91 bits per heavy atom. The third kappa shape index (κ3) is 3.87. The Kier molecular flexibility index (Phi) is 4.54. The van der Waals surface area contributed by atoms with E-state index in [1.54, 1.807) is 0 Å². The summed E-state index contributed by atoms with van der Waals surface area (Å²) >= 11 is 0. The summed E-state index contributed by atoms with van der Waals surface area (Å²) in [6.45, 7) is 2.32. The smallest absolute Gasteiger partial charge is 0.378 e. The van der Waals surface area contributed by atoms with Gasteiger partial charge in [0.1, 0.15) is 5.69 Å². The fourth-order valence-corrected chi connectivity index (χ4v) is 1.93. The molecule has 0 spiro atoms. The summed E-state index contributed by atoms with van der Waals surface area (Å²) in [5, 5.41) is 2.83. The fourth-order valence-electron chi connectivity index (χ4n) is 1.93. The first-order chi connectivity index (χ1) is 10.3. The van der Waals surface area contributed by atoms with Gasteiger partial charge in [0.15, 0.2) is 0 Å². The van der Waals surface area contributed by atoms with E-state index >= 15 is 0 Å². The van der Waals surface area contributed by atoms with Gasteiger partial charge >= 0.3 is 6.18 Å². The van der Waals surface area contributed by atoms with Crippen LogP contribution in [0.1, 0.15) is 16.8 Å². The van der Waals surface area contributed by atoms with Gasteiger partial charge in [0, 0.05) is 32.5 Å². The van der Waals surface area contributed by atoms with Crippen molar-refractivity contribution >= 4 is 11.6 Å². The second-order valence-corrected chi connectivity index (χ2v) is 5.12. The molecule has 0 atom stereocenters. The number of hydrogen-bond donors (Lipinski definition) is 1. The molecule has 0 unspecified atom stereocenters. The molecule has 7 heteroatoms. The van der Waals surface area contributed by atoms with Crippen LogP contribution in [-0.2, 0) is 12.7 Å². The molecular formula is C15H17F3N4. The zero-order valence-electron chi connectivity index (χ0n) is 12.6. The van der Waals surface area contributed by atoms with Crippen LogP contribution >= 0.6 is 0 Å². The number of aryl methyl sites for hydroxylation is 1. The van der Waals surface area contributed by atoms with E-state index in [-0.39, 0.29) is 5.95 Å². The van der Waals surface area contributed by atoms with Crippen molar-refractivity contribution in [2.75, 3.05) is 24.3 Å². The Labute approximate surface area is 127 Å². The maximum absolute atomic E-state index is 12.6. The second kappa shape index (κ2) is 6.21. The Bertz CT molecular complexity index is 653. The van der Waals surface area contributed by atoms with Crippen molar-refractivity contribution in [1.29, 1.82) is 0 Å². The molecule has 1 aromatic heterocycles. The number of hydrogen-bond acceptors (Lipinski definition) is 4. The minimum atomic E-state index is -4.47. The van der Waals surface area contributed by atoms with E-state index in [1.165, 1.54) is 0 Å². The van der Waals surface area contributed by atoms with Gasteiger partial charge in [-0.1, -0.05) is 6.07 Å². The van der Waals surface area contributed by atoms with E-state index in [0.717, 1.165) is 29.1 Å². The van der Waals surface area contributed by atoms with Crippen LogP contribution in [0.15, 0.2) is 30.5 Å². The first kappa shape index (κ1) is 16.1. The average molecular weight is 310 g/mol. The summed E-state index contributed by atoms with van der Waals surface area (Å²) in [6, 6.07) is 6.76. The predicted octanol–water partition coefficient (Wildman–Crippen LogP) is 3.48. The molecule has 0 saturated heterocycles. The van der Waals surface area contributed by atoms with Gasteiger partial charge in [-0.3, -0.25) is 0 Å². The Morgan fingerprint density at radius 3 is 2.50 bits per heavy atom. The number of halogens is 3. The van der Waals surface area contributed by atoms with Crippen molar-refractivity contribution < 1.29 is 13.2 Å². The predicted molar refractivity (Wildman–Crippen MR) is 79.9 cm³/mol. The maximum atomic E-state index is 12.6. The van der Waals surface area contributed by atoms with Crippen molar-refractivity contribution in [3.05, 3.63) is 47.3 Å². The lowest BCUT2D eigenvalue weighted by molar-refractivity contribution is -0.141. The molecule has 1 heterocycles. The molecule has 0 aliphatic heterocycles. The number of alkyl halides is 3. The summed E-state index contributed by atoms with van der Waals surface area (Å²) in [5.74, 6) is -0.0362. The van der Waals surface area contributed by atoms with Crippen LogP contribution in [0.25, 0.3) is 0 Å². The van der Waals surface area contributed by atoms with Gasteiger partial charge < -0.3 is 10.2 Å². The average Bonchev–Trinajstić information content (AvgIpc) is 2.45. The number of nitrogens with one attached hydrogen (secondary N) is 1. The van der Waals surface area contributed by atoms with Gasteiger partial charge in [-0.25, -0.2) is 9.97 Å². The zero-order chi connectivity index (χ0) is 16.3. The van der Waals surface area contributed by atoms with Gasteiger partial charge in [-0.05, 0) is 36.2 Å². The van der Waals surface area contributed by atoms with Gasteiger partial charge in [-0.15, -0.1) is 0 Å². The molecule has 0 fully saturated rings. The highest BCUT2D eigenvalue weighted by atomic mass is 19.4. The molecule has 0 radical (unpaired) electrons. The minimum absolute atomic E-state index is 0.0362. The van der Waals surface area contributed by atoms with E-state index in [9.17, 15) is 13.2 Å². The van der Waals surface area contributed by atoms with Crippen LogP contribution in [0.2, 0.25) is 0 Å². The van der Waals surface area contributed by atoms with Crippen molar-refractivity contribution in [2.24, 2.45) is 0 Å². The summed E-state index contributed by atoms with van der Waals surface area (Å²) < 4.78 is 37.8. The molecule has 2 aromatic rings. The molecule has 0 aliphatic rings. The highest BCUT2D eigenvalue weighted by Gasteiger charge is 2.32. The third-order valence-corrected chi connectivity index (χ3v) is 3.23. The Hall–Kier alpha value is -2.31. The monoisotopic (exact) mass is 310 g/mol. The molecule has 0 amide bonds. The van der Waals surface area contributed by atoms with Gasteiger partial charge in [0.25, 0.3) is 0 Å². The zero-order valence-corrected chi connectivity index (χ0v) is 12.6. The van der Waals surface area contributed by atoms with Crippen molar-refractivity contribution in [1.82, 2.24) is 9.97 Å². The lowest BCUT2D eigenvalue weighted by Gasteiger charge is -2.15. The third-order valence-electron chi connectivity index (χ3n) is 3.23. The first-order valence-corrected chi connectivity index (χ1v) is 6.68. The molecular weight excluding hydrogens is 293 g/mol. The highest BCUT2D eigenvalue weighted by Crippen LogP contribution is 2.27. The summed E-state index contributed by atoms with van der Waals surface area (Å²) in [4.78, 5) is 9.28. The maximum Gasteiger partial charge on any atom is 0.433 e. The molecule has 1 aromatic carbocycles. The Balaban J connectivity index is 2.10. The standard InChI is InChI=1S/C15H17F3N4/c1-10-8-12(22(2)3)5-4-11(10)9-20-14-19-7-6-13(21-14)15(16,17)18/h4-8H,9H2,1-3H3,(H,19,20,21). The lowest BCUT2D eigenvalue weighted by atomic mass is 10.1. The van der Waals surface area contributed by atoms with Crippen molar-refractivity contribution in [3.63, 3.8) is 0 Å². The van der Waals surface area contributed by atoms with Gasteiger partial charge in [0.05, 0.1) is 0 Å². The van der Waals surface area contributed by atoms with Crippen LogP contribution in [0, 0.1) is 6.92 Å². The lowest BCUT2D eigenvalue weighted by Crippen LogP contribution is -2.12. The largest absolute Gasteiger partial charge is 0.433 e. The van der Waals surface area contributed by atoms with E-state index in [4.69, 9.17) is 0 Å². The van der Waals surface area contributed by atoms with Crippen LogP contribution in [0.3, 0.4) is 0 Å². The van der Waals surface area contributed by atoms with Crippen molar-refractivity contribution in [2.45, 2.75) is 19.6 Å². The molecule has 0 saturated carbocycles. The molecule has 4 nitrogen and oxygen atoms in total. The topological polar surface area (TPSA) is 41.0 Å². The van der Waals surface area contributed by atoms with E-state index in [2.05, 4.69) is 15.3 Å². The van der Waals surface area contributed by atoms with Crippen molar-refractivity contribution in [3.8, 4) is 0 Å². The minimum Gasteiger partial charge on any atom is -0.378 e. The number of nitrogens with zero attached hydrogens (tertiary/aromatic N) is 3. The molecule has 0 aliphatic carbocycles. The number of aromatic nitrogens is 2.